The predicted molar refractivity (Wildman–Crippen MR) is 119 cm³/mol. The number of carbonyl (C=O) groups excluding carboxylic acids is 3. The molecule has 172 valence electrons. The summed E-state index contributed by atoms with van der Waals surface area (Å²) in [7, 11) is 0. The lowest BCUT2D eigenvalue weighted by Crippen LogP contribution is -2.44. The van der Waals surface area contributed by atoms with Crippen LogP contribution in [0.1, 0.15) is 52.0 Å². The van der Waals surface area contributed by atoms with E-state index in [1.54, 1.807) is 41.5 Å². The van der Waals surface area contributed by atoms with Crippen molar-refractivity contribution < 1.29 is 28.2 Å². The lowest BCUT2D eigenvalue weighted by Gasteiger charge is -2.28. The number of nitrogens with zero attached hydrogens (tertiary/aromatic N) is 2. The number of anilines is 2. The van der Waals surface area contributed by atoms with E-state index in [-0.39, 0.29) is 16.5 Å². The Balaban J connectivity index is 2.42. The fraction of sp³-hybridized carbons (Fsp3) is 0.364. The van der Waals surface area contributed by atoms with Crippen LogP contribution in [0.25, 0.3) is 0 Å². The highest BCUT2D eigenvalue weighted by molar-refractivity contribution is 6.34. The van der Waals surface area contributed by atoms with E-state index in [2.05, 4.69) is 10.3 Å². The average molecular weight is 466 g/mol. The molecule has 0 atom stereocenters. The van der Waals surface area contributed by atoms with E-state index in [9.17, 15) is 18.8 Å². The number of aromatic nitrogens is 1. The second-order valence-corrected chi connectivity index (χ2v) is 9.16. The fourth-order valence-electron chi connectivity index (χ4n) is 2.32. The van der Waals surface area contributed by atoms with E-state index < -0.39 is 35.1 Å². The normalized spacial score (nSPS) is 11.5. The maximum Gasteiger partial charge on any atom is 0.425 e. The zero-order chi connectivity index (χ0) is 24.3. The monoisotopic (exact) mass is 465 g/mol. The Morgan fingerprint density at radius 3 is 1.88 bits per heavy atom. The van der Waals surface area contributed by atoms with Gasteiger partial charge in [0.1, 0.15) is 28.5 Å². The van der Waals surface area contributed by atoms with Crippen LogP contribution in [0, 0.1) is 5.82 Å². The van der Waals surface area contributed by atoms with Gasteiger partial charge in [0.2, 0.25) is 0 Å². The fourth-order valence-corrected chi connectivity index (χ4v) is 2.51. The molecule has 0 aliphatic heterocycles. The number of pyridine rings is 1. The summed E-state index contributed by atoms with van der Waals surface area (Å²) in [4.78, 5) is 42.9. The maximum absolute atomic E-state index is 13.1. The number of amides is 3. The number of rotatable bonds is 3. The van der Waals surface area contributed by atoms with Crippen molar-refractivity contribution in [2.45, 2.75) is 52.7 Å². The van der Waals surface area contributed by atoms with Gasteiger partial charge in [0, 0.05) is 5.69 Å². The third-order valence-corrected chi connectivity index (χ3v) is 3.83. The van der Waals surface area contributed by atoms with Gasteiger partial charge >= 0.3 is 12.2 Å². The summed E-state index contributed by atoms with van der Waals surface area (Å²) in [5, 5.41) is 2.50. The van der Waals surface area contributed by atoms with Gasteiger partial charge < -0.3 is 14.8 Å². The highest BCUT2D eigenvalue weighted by atomic mass is 35.5. The first-order valence-electron chi connectivity index (χ1n) is 9.66. The van der Waals surface area contributed by atoms with Gasteiger partial charge in [-0.15, -0.1) is 0 Å². The molecule has 8 nitrogen and oxygen atoms in total. The lowest BCUT2D eigenvalue weighted by atomic mass is 10.2. The Morgan fingerprint density at radius 1 is 0.906 bits per heavy atom. The third kappa shape index (κ3) is 7.19. The summed E-state index contributed by atoms with van der Waals surface area (Å²) >= 11 is 6.13. The SMILES string of the molecule is CC(C)(C)OC(=O)N(C(=O)OC(C)(C)C)c1ccc(Cl)c(C(=O)Nc2ccc(F)cc2)n1. The molecule has 1 aromatic heterocycles. The molecule has 0 radical (unpaired) electrons. The second kappa shape index (κ2) is 9.52. The van der Waals surface area contributed by atoms with Gasteiger partial charge in [-0.1, -0.05) is 11.6 Å². The molecular weight excluding hydrogens is 441 g/mol. The van der Waals surface area contributed by atoms with Gasteiger partial charge in [0.25, 0.3) is 5.91 Å². The van der Waals surface area contributed by atoms with Crippen molar-refractivity contribution in [3.8, 4) is 0 Å². The quantitative estimate of drug-likeness (QED) is 0.614. The van der Waals surface area contributed by atoms with E-state index >= 15 is 0 Å². The van der Waals surface area contributed by atoms with Crippen molar-refractivity contribution in [3.05, 3.63) is 52.9 Å². The van der Waals surface area contributed by atoms with E-state index in [0.717, 1.165) is 0 Å². The molecule has 32 heavy (non-hydrogen) atoms. The van der Waals surface area contributed by atoms with Crippen molar-refractivity contribution in [1.82, 2.24) is 4.98 Å². The zero-order valence-corrected chi connectivity index (χ0v) is 19.4. The van der Waals surface area contributed by atoms with Crippen LogP contribution in [0.3, 0.4) is 0 Å². The minimum Gasteiger partial charge on any atom is -0.443 e. The Kier molecular flexibility index (Phi) is 7.46. The van der Waals surface area contributed by atoms with Crippen molar-refractivity contribution in [1.29, 1.82) is 0 Å². The number of ether oxygens (including phenoxy) is 2. The maximum atomic E-state index is 13.1. The molecule has 10 heteroatoms. The molecule has 1 heterocycles. The molecule has 0 spiro atoms. The number of hydrogen-bond donors (Lipinski definition) is 1. The van der Waals surface area contributed by atoms with Crippen LogP contribution in [0.4, 0.5) is 25.5 Å². The molecule has 1 N–H and O–H groups in total. The lowest BCUT2D eigenvalue weighted by molar-refractivity contribution is 0.0428. The average Bonchev–Trinajstić information content (AvgIpc) is 2.62. The van der Waals surface area contributed by atoms with Crippen molar-refractivity contribution >= 4 is 41.2 Å². The van der Waals surface area contributed by atoms with Crippen LogP contribution >= 0.6 is 11.6 Å². The summed E-state index contributed by atoms with van der Waals surface area (Å²) in [6, 6.07) is 7.66. The third-order valence-electron chi connectivity index (χ3n) is 3.53. The first-order valence-corrected chi connectivity index (χ1v) is 10.0. The largest absolute Gasteiger partial charge is 0.443 e. The molecule has 0 bridgehead atoms. The minimum absolute atomic E-state index is 0.0262. The molecule has 0 aliphatic carbocycles. The second-order valence-electron chi connectivity index (χ2n) is 8.76. The zero-order valence-electron chi connectivity index (χ0n) is 18.7. The van der Waals surface area contributed by atoms with Crippen LogP contribution in [0.15, 0.2) is 36.4 Å². The molecule has 0 saturated heterocycles. The summed E-state index contributed by atoms with van der Waals surface area (Å²) in [5.74, 6) is -1.41. The van der Waals surface area contributed by atoms with Gasteiger partial charge in [-0.05, 0) is 77.9 Å². The van der Waals surface area contributed by atoms with Gasteiger partial charge in [0.05, 0.1) is 5.02 Å². The summed E-state index contributed by atoms with van der Waals surface area (Å²) in [5.41, 5.74) is -1.78. The molecule has 2 aromatic rings. The Bertz CT molecular complexity index is 986. The van der Waals surface area contributed by atoms with Crippen molar-refractivity contribution in [3.63, 3.8) is 0 Å². The van der Waals surface area contributed by atoms with Crippen molar-refractivity contribution in [2.75, 3.05) is 10.2 Å². The van der Waals surface area contributed by atoms with E-state index in [1.165, 1.54) is 36.4 Å². The van der Waals surface area contributed by atoms with E-state index in [1.807, 2.05) is 0 Å². The molecule has 0 unspecified atom stereocenters. The minimum atomic E-state index is -1.04. The molecule has 0 saturated carbocycles. The topological polar surface area (TPSA) is 97.8 Å². The first kappa shape index (κ1) is 25.1. The smallest absolute Gasteiger partial charge is 0.425 e. The Morgan fingerprint density at radius 2 is 1.41 bits per heavy atom. The Hall–Kier alpha value is -3.20. The van der Waals surface area contributed by atoms with Crippen LogP contribution in [-0.4, -0.2) is 34.3 Å². The molecule has 1 aromatic carbocycles. The summed E-state index contributed by atoms with van der Waals surface area (Å²) in [6.07, 6.45) is -2.07. The summed E-state index contributed by atoms with van der Waals surface area (Å²) in [6.45, 7) is 9.80. The van der Waals surface area contributed by atoms with Crippen LogP contribution in [-0.2, 0) is 9.47 Å². The van der Waals surface area contributed by atoms with Gasteiger partial charge in [-0.2, -0.15) is 4.90 Å². The molecular formula is C22H25ClFN3O5. The predicted octanol–water partition coefficient (Wildman–Crippen LogP) is 5.80. The van der Waals surface area contributed by atoms with Gasteiger partial charge in [0.15, 0.2) is 0 Å². The molecule has 2 rings (SSSR count). The molecule has 3 amide bonds. The molecule has 0 fully saturated rings. The number of carbonyl (C=O) groups is 3. The number of imide groups is 1. The number of benzene rings is 1. The molecule has 0 aliphatic rings. The number of hydrogen-bond acceptors (Lipinski definition) is 6. The van der Waals surface area contributed by atoms with Crippen LogP contribution in [0.5, 0.6) is 0 Å². The standard InChI is InChI=1S/C22H25ClFN3O5/c1-21(2,3)31-19(29)27(20(30)32-22(4,5)6)16-12-11-15(23)17(26-16)18(28)25-14-9-7-13(24)8-10-14/h7-12H,1-6H3,(H,25,28). The van der Waals surface area contributed by atoms with E-state index in [0.29, 0.717) is 10.6 Å². The highest BCUT2D eigenvalue weighted by Crippen LogP contribution is 2.24. The first-order chi connectivity index (χ1) is 14.7. The van der Waals surface area contributed by atoms with Crippen LogP contribution in [0.2, 0.25) is 5.02 Å². The van der Waals surface area contributed by atoms with Gasteiger partial charge in [-0.3, -0.25) is 4.79 Å². The van der Waals surface area contributed by atoms with Crippen molar-refractivity contribution in [2.24, 2.45) is 0 Å². The number of nitrogens with one attached hydrogen (secondary N) is 1. The summed E-state index contributed by atoms with van der Waals surface area (Å²) < 4.78 is 23.7. The van der Waals surface area contributed by atoms with Gasteiger partial charge in [-0.25, -0.2) is 19.0 Å². The Labute approximate surface area is 190 Å². The van der Waals surface area contributed by atoms with Crippen LogP contribution < -0.4 is 10.2 Å². The van der Waals surface area contributed by atoms with E-state index in [4.69, 9.17) is 21.1 Å². The highest BCUT2D eigenvalue weighted by Gasteiger charge is 2.34. The number of halogens is 2.